The van der Waals surface area contributed by atoms with Crippen molar-refractivity contribution in [3.05, 3.63) is 40.2 Å². The fourth-order valence-electron chi connectivity index (χ4n) is 2.38. The highest BCUT2D eigenvalue weighted by atomic mass is 32.2. The van der Waals surface area contributed by atoms with E-state index < -0.39 is 0 Å². The first kappa shape index (κ1) is 18.4. The molecule has 0 saturated carbocycles. The van der Waals surface area contributed by atoms with Crippen molar-refractivity contribution < 1.29 is 9.90 Å². The number of thiazole rings is 1. The minimum atomic E-state index is -0.374. The first-order valence-corrected chi connectivity index (χ1v) is 9.89. The molecule has 3 rings (SSSR count). The molecule has 2 heterocycles. The van der Waals surface area contributed by atoms with Crippen molar-refractivity contribution in [3.8, 4) is 5.88 Å². The Hall–Kier alpha value is -2.39. The van der Waals surface area contributed by atoms with Crippen LogP contribution in [0.5, 0.6) is 5.88 Å². The van der Waals surface area contributed by atoms with Gasteiger partial charge in [0.1, 0.15) is 0 Å². The summed E-state index contributed by atoms with van der Waals surface area (Å²) in [6, 6.07) is 7.63. The predicted octanol–water partition coefficient (Wildman–Crippen LogP) is 3.33. The van der Waals surface area contributed by atoms with E-state index >= 15 is 0 Å². The molecule has 136 valence electrons. The van der Waals surface area contributed by atoms with Crippen LogP contribution in [0, 0.1) is 0 Å². The van der Waals surface area contributed by atoms with Crippen molar-refractivity contribution in [3.63, 3.8) is 0 Å². The second kappa shape index (κ2) is 7.88. The Morgan fingerprint density at radius 3 is 2.85 bits per heavy atom. The second-order valence-electron chi connectivity index (χ2n) is 5.74. The Balaban J connectivity index is 1.65. The van der Waals surface area contributed by atoms with Gasteiger partial charge in [0, 0.05) is 0 Å². The number of amides is 1. The molecule has 0 radical (unpaired) electrons. The third-order valence-electron chi connectivity index (χ3n) is 3.90. The lowest BCUT2D eigenvalue weighted by atomic mass is 10.0. The Morgan fingerprint density at radius 2 is 2.15 bits per heavy atom. The van der Waals surface area contributed by atoms with E-state index in [9.17, 15) is 14.7 Å². The number of carbonyl (C=O) groups excluding carboxylic acids is 1. The van der Waals surface area contributed by atoms with Crippen molar-refractivity contribution in [1.82, 2.24) is 15.0 Å². The number of nitrogens with one attached hydrogen (secondary N) is 2. The minimum absolute atomic E-state index is 0.0426. The molecule has 3 N–H and O–H groups in total. The Morgan fingerprint density at radius 1 is 1.38 bits per heavy atom. The van der Waals surface area contributed by atoms with Crippen molar-refractivity contribution in [2.75, 3.05) is 11.1 Å². The zero-order valence-electron chi connectivity index (χ0n) is 14.3. The van der Waals surface area contributed by atoms with E-state index in [4.69, 9.17) is 0 Å². The largest absolute Gasteiger partial charge is 0.493 e. The van der Waals surface area contributed by atoms with Crippen molar-refractivity contribution in [2.45, 2.75) is 31.3 Å². The number of aromatic amines is 1. The second-order valence-corrected chi connectivity index (χ2v) is 7.74. The monoisotopic (exact) mass is 390 g/mol. The summed E-state index contributed by atoms with van der Waals surface area (Å²) in [6.07, 6.45) is 0.718. The van der Waals surface area contributed by atoms with Gasteiger partial charge in [-0.3, -0.25) is 9.59 Å². The molecule has 0 fully saturated rings. The maximum atomic E-state index is 12.1. The van der Waals surface area contributed by atoms with E-state index in [2.05, 4.69) is 20.3 Å². The van der Waals surface area contributed by atoms with Crippen LogP contribution in [-0.2, 0) is 4.79 Å². The molecule has 0 unspecified atom stereocenters. The summed E-state index contributed by atoms with van der Waals surface area (Å²) in [5, 5.41) is 13.5. The molecule has 1 atom stereocenters. The highest BCUT2D eigenvalue weighted by Gasteiger charge is 2.17. The van der Waals surface area contributed by atoms with Gasteiger partial charge in [0.2, 0.25) is 11.8 Å². The van der Waals surface area contributed by atoms with Crippen LogP contribution in [-0.4, -0.2) is 31.7 Å². The smallest absolute Gasteiger partial charge is 0.258 e. The molecule has 0 bridgehead atoms. The highest BCUT2D eigenvalue weighted by molar-refractivity contribution is 7.99. The fraction of sp³-hybridized carbons (Fsp3) is 0.294. The molecule has 0 aliphatic carbocycles. The van der Waals surface area contributed by atoms with Gasteiger partial charge < -0.3 is 15.4 Å². The van der Waals surface area contributed by atoms with Gasteiger partial charge in [0.05, 0.1) is 21.5 Å². The summed E-state index contributed by atoms with van der Waals surface area (Å²) in [7, 11) is 0. The SMILES string of the molecule is CC[C@H](C)c1c(O)nc(SCC(=O)Nc2nc3ccccc3s2)[nH]c1=O. The minimum Gasteiger partial charge on any atom is -0.493 e. The molecular weight excluding hydrogens is 372 g/mol. The molecule has 0 spiro atoms. The van der Waals surface area contributed by atoms with Gasteiger partial charge in [-0.25, -0.2) is 4.98 Å². The number of hydrogen-bond acceptors (Lipinski definition) is 7. The summed E-state index contributed by atoms with van der Waals surface area (Å²) in [6.45, 7) is 3.78. The Bertz CT molecular complexity index is 966. The molecule has 1 amide bonds. The molecule has 7 nitrogen and oxygen atoms in total. The normalized spacial score (nSPS) is 12.2. The zero-order valence-corrected chi connectivity index (χ0v) is 15.9. The summed E-state index contributed by atoms with van der Waals surface area (Å²) in [5.41, 5.74) is 0.730. The number of benzene rings is 1. The van der Waals surface area contributed by atoms with Gasteiger partial charge in [0.25, 0.3) is 5.56 Å². The molecule has 0 aliphatic rings. The fourth-order valence-corrected chi connectivity index (χ4v) is 3.92. The van der Waals surface area contributed by atoms with Crippen LogP contribution in [0.15, 0.2) is 34.2 Å². The molecule has 0 saturated heterocycles. The maximum Gasteiger partial charge on any atom is 0.258 e. The van der Waals surface area contributed by atoms with Gasteiger partial charge in [-0.2, -0.15) is 4.98 Å². The lowest BCUT2D eigenvalue weighted by Gasteiger charge is -2.10. The van der Waals surface area contributed by atoms with Crippen LogP contribution in [0.3, 0.4) is 0 Å². The summed E-state index contributed by atoms with van der Waals surface area (Å²) in [4.78, 5) is 35.2. The number of rotatable bonds is 6. The van der Waals surface area contributed by atoms with E-state index in [1.807, 2.05) is 38.1 Å². The molecule has 26 heavy (non-hydrogen) atoms. The van der Waals surface area contributed by atoms with E-state index in [0.717, 1.165) is 28.4 Å². The van der Waals surface area contributed by atoms with Gasteiger partial charge >= 0.3 is 0 Å². The van der Waals surface area contributed by atoms with Crippen molar-refractivity contribution >= 4 is 44.4 Å². The van der Waals surface area contributed by atoms with Crippen LogP contribution in [0.2, 0.25) is 0 Å². The average molecular weight is 390 g/mol. The third kappa shape index (κ3) is 4.05. The summed E-state index contributed by atoms with van der Waals surface area (Å²) < 4.78 is 0.993. The number of para-hydroxylation sites is 1. The van der Waals surface area contributed by atoms with Crippen LogP contribution in [0.25, 0.3) is 10.2 Å². The first-order chi connectivity index (χ1) is 12.5. The maximum absolute atomic E-state index is 12.1. The number of thioether (sulfide) groups is 1. The van der Waals surface area contributed by atoms with Gasteiger partial charge in [-0.05, 0) is 24.5 Å². The quantitative estimate of drug-likeness (QED) is 0.440. The van der Waals surface area contributed by atoms with Crippen molar-refractivity contribution in [1.29, 1.82) is 0 Å². The molecule has 3 aromatic rings. The number of aromatic nitrogens is 3. The van der Waals surface area contributed by atoms with Crippen LogP contribution in [0.4, 0.5) is 5.13 Å². The number of fused-ring (bicyclic) bond motifs is 1. The summed E-state index contributed by atoms with van der Waals surface area (Å²) >= 11 is 2.44. The average Bonchev–Trinajstić information content (AvgIpc) is 3.01. The lowest BCUT2D eigenvalue weighted by Crippen LogP contribution is -2.18. The third-order valence-corrected chi connectivity index (χ3v) is 5.72. The topological polar surface area (TPSA) is 108 Å². The molecule has 0 aliphatic heterocycles. The van der Waals surface area contributed by atoms with E-state index in [1.54, 1.807) is 0 Å². The Kier molecular flexibility index (Phi) is 5.58. The number of H-pyrrole nitrogens is 1. The number of nitrogens with zero attached hydrogens (tertiary/aromatic N) is 2. The molecule has 2 aromatic heterocycles. The van der Waals surface area contributed by atoms with Crippen LogP contribution in [0.1, 0.15) is 31.7 Å². The standard InChI is InChI=1S/C17H18N4O3S2/c1-3-9(2)13-14(23)20-16(21-15(13)24)25-8-12(22)19-17-18-10-6-4-5-7-11(10)26-17/h4-7,9H,3,8H2,1-2H3,(H,18,19,22)(H2,20,21,23,24)/t9-/m0/s1. The van der Waals surface area contributed by atoms with Crippen LogP contribution < -0.4 is 10.9 Å². The Labute approximate surface area is 157 Å². The number of carbonyl (C=O) groups is 1. The molecule has 1 aromatic carbocycles. The van der Waals surface area contributed by atoms with Crippen LogP contribution >= 0.6 is 23.1 Å². The first-order valence-electron chi connectivity index (χ1n) is 8.09. The van der Waals surface area contributed by atoms with Gasteiger partial charge in [0.15, 0.2) is 10.3 Å². The van der Waals surface area contributed by atoms with E-state index in [-0.39, 0.29) is 39.7 Å². The van der Waals surface area contributed by atoms with Gasteiger partial charge in [-0.1, -0.05) is 49.1 Å². The lowest BCUT2D eigenvalue weighted by molar-refractivity contribution is -0.113. The predicted molar refractivity (Wildman–Crippen MR) is 104 cm³/mol. The van der Waals surface area contributed by atoms with Gasteiger partial charge in [-0.15, -0.1) is 0 Å². The highest BCUT2D eigenvalue weighted by Crippen LogP contribution is 2.26. The van der Waals surface area contributed by atoms with Crippen molar-refractivity contribution in [2.24, 2.45) is 0 Å². The molecular formula is C17H18N4O3S2. The zero-order chi connectivity index (χ0) is 18.7. The summed E-state index contributed by atoms with van der Waals surface area (Å²) in [5.74, 6) is -0.590. The number of aromatic hydroxyl groups is 1. The number of hydrogen-bond donors (Lipinski definition) is 3. The van der Waals surface area contributed by atoms with E-state index in [1.165, 1.54) is 11.3 Å². The molecule has 9 heteroatoms. The van der Waals surface area contributed by atoms with E-state index in [0.29, 0.717) is 5.13 Å². The number of anilines is 1.